The van der Waals surface area contributed by atoms with Crippen molar-refractivity contribution in [2.24, 2.45) is 16.7 Å². The van der Waals surface area contributed by atoms with Gasteiger partial charge in [0.25, 0.3) is 0 Å². The van der Waals surface area contributed by atoms with E-state index in [9.17, 15) is 10.2 Å². The molecule has 2 saturated carbocycles. The molecule has 3 heteroatoms. The van der Waals surface area contributed by atoms with Gasteiger partial charge in [0.15, 0.2) is 0 Å². The van der Waals surface area contributed by atoms with Crippen LogP contribution in [0.1, 0.15) is 53.9 Å². The van der Waals surface area contributed by atoms with Crippen LogP contribution in [0.4, 0.5) is 0 Å². The fraction of sp³-hybridized carbons (Fsp3) is 1.00. The van der Waals surface area contributed by atoms with Crippen molar-refractivity contribution in [3.05, 3.63) is 0 Å². The molecule has 2 rings (SSSR count). The first-order valence-corrected chi connectivity index (χ1v) is 7.29. The van der Waals surface area contributed by atoms with Crippen LogP contribution in [0.2, 0.25) is 0 Å². The first-order chi connectivity index (χ1) is 8.16. The minimum atomic E-state index is -0.674. The van der Waals surface area contributed by atoms with Gasteiger partial charge in [-0.25, -0.2) is 0 Å². The molecule has 2 bridgehead atoms. The van der Waals surface area contributed by atoms with Crippen LogP contribution in [0.3, 0.4) is 0 Å². The summed E-state index contributed by atoms with van der Waals surface area (Å²) in [6.07, 6.45) is 2.74. The number of hydrogen-bond donors (Lipinski definition) is 3. The first-order valence-electron chi connectivity index (χ1n) is 7.29. The summed E-state index contributed by atoms with van der Waals surface area (Å²) in [5.74, 6) is 0.519. The molecule has 0 aliphatic heterocycles. The van der Waals surface area contributed by atoms with E-state index in [1.807, 2.05) is 13.8 Å². The van der Waals surface area contributed by atoms with Gasteiger partial charge in [0.2, 0.25) is 0 Å². The van der Waals surface area contributed by atoms with Crippen molar-refractivity contribution in [3.63, 3.8) is 0 Å². The molecular formula is C15H29NO2. The Balaban J connectivity index is 2.09. The van der Waals surface area contributed by atoms with Gasteiger partial charge < -0.3 is 15.5 Å². The fourth-order valence-electron chi connectivity index (χ4n) is 4.05. The Hall–Kier alpha value is -0.120. The second-order valence-corrected chi connectivity index (χ2v) is 7.49. The van der Waals surface area contributed by atoms with Gasteiger partial charge in [-0.15, -0.1) is 0 Å². The van der Waals surface area contributed by atoms with Gasteiger partial charge in [0.05, 0.1) is 11.7 Å². The van der Waals surface area contributed by atoms with E-state index in [4.69, 9.17) is 0 Å². The first kappa shape index (κ1) is 14.3. The third-order valence-corrected chi connectivity index (χ3v) is 6.28. The van der Waals surface area contributed by atoms with Crippen LogP contribution in [0, 0.1) is 16.7 Å². The van der Waals surface area contributed by atoms with E-state index in [2.05, 4.69) is 26.1 Å². The molecule has 2 aliphatic rings. The molecule has 0 aromatic carbocycles. The van der Waals surface area contributed by atoms with E-state index in [-0.39, 0.29) is 23.0 Å². The van der Waals surface area contributed by atoms with Gasteiger partial charge in [-0.05, 0) is 37.5 Å². The van der Waals surface area contributed by atoms with Gasteiger partial charge in [0.1, 0.15) is 0 Å². The number of aliphatic hydroxyl groups is 2. The topological polar surface area (TPSA) is 52.5 Å². The smallest absolute Gasteiger partial charge is 0.0754 e. The summed E-state index contributed by atoms with van der Waals surface area (Å²) in [6, 6.07) is 0.136. The zero-order valence-corrected chi connectivity index (χ0v) is 12.5. The molecule has 0 amide bonds. The van der Waals surface area contributed by atoms with Crippen LogP contribution in [-0.4, -0.2) is 34.5 Å². The lowest BCUT2D eigenvalue weighted by atomic mass is 9.70. The van der Waals surface area contributed by atoms with Gasteiger partial charge in [-0.2, -0.15) is 0 Å². The number of rotatable bonds is 4. The zero-order chi connectivity index (χ0) is 13.8. The molecule has 0 aromatic heterocycles. The van der Waals surface area contributed by atoms with Crippen molar-refractivity contribution < 1.29 is 10.2 Å². The molecule has 5 atom stereocenters. The Morgan fingerprint density at radius 1 is 1.33 bits per heavy atom. The lowest BCUT2D eigenvalue weighted by Crippen LogP contribution is -2.51. The highest BCUT2D eigenvalue weighted by atomic mass is 16.3. The largest absolute Gasteiger partial charge is 0.391 e. The number of fused-ring (bicyclic) bond motifs is 2. The van der Waals surface area contributed by atoms with Crippen molar-refractivity contribution >= 4 is 0 Å². The molecule has 2 fully saturated rings. The average molecular weight is 255 g/mol. The predicted octanol–water partition coefficient (Wildman–Crippen LogP) is 1.92. The maximum atomic E-state index is 10.6. The molecule has 0 unspecified atom stereocenters. The van der Waals surface area contributed by atoms with Gasteiger partial charge in [-0.3, -0.25) is 0 Å². The standard InChI is InChI=1S/C15H29NO2/c1-6-14(4,18)9-16-11-10-7-8-15(5,12(11)17)13(10,2)3/h10-12,16-18H,6-9H2,1-5H3/t10-,11+,12+,14+,15+/m1/s1. The average Bonchev–Trinajstić information content (AvgIpc) is 2.59. The van der Waals surface area contributed by atoms with Crippen molar-refractivity contribution in [2.75, 3.05) is 6.54 Å². The summed E-state index contributed by atoms with van der Waals surface area (Å²) in [7, 11) is 0. The molecule has 0 radical (unpaired) electrons. The third kappa shape index (κ3) is 1.83. The molecule has 18 heavy (non-hydrogen) atoms. The van der Waals surface area contributed by atoms with Crippen LogP contribution in [0.5, 0.6) is 0 Å². The van der Waals surface area contributed by atoms with E-state index >= 15 is 0 Å². The molecular weight excluding hydrogens is 226 g/mol. The van der Waals surface area contributed by atoms with E-state index < -0.39 is 5.60 Å². The SMILES string of the molecule is CC[C@](C)(O)CN[C@H]1[C@H]2CC[C@@](C)([C@H]1O)C2(C)C. The second kappa shape index (κ2) is 4.19. The summed E-state index contributed by atoms with van der Waals surface area (Å²) in [5, 5.41) is 24.1. The Bertz CT molecular complexity index is 326. The molecule has 3 nitrogen and oxygen atoms in total. The van der Waals surface area contributed by atoms with E-state index in [0.29, 0.717) is 12.5 Å². The Morgan fingerprint density at radius 2 is 1.94 bits per heavy atom. The van der Waals surface area contributed by atoms with E-state index in [0.717, 1.165) is 12.8 Å². The lowest BCUT2D eigenvalue weighted by molar-refractivity contribution is -0.00750. The minimum Gasteiger partial charge on any atom is -0.391 e. The maximum Gasteiger partial charge on any atom is 0.0754 e. The normalized spacial score (nSPS) is 45.2. The maximum absolute atomic E-state index is 10.6. The fourth-order valence-corrected chi connectivity index (χ4v) is 4.05. The van der Waals surface area contributed by atoms with Crippen molar-refractivity contribution in [3.8, 4) is 0 Å². The van der Waals surface area contributed by atoms with Gasteiger partial charge >= 0.3 is 0 Å². The summed E-state index contributed by atoms with van der Waals surface area (Å²) in [6.45, 7) is 11.2. The number of hydrogen-bond acceptors (Lipinski definition) is 3. The molecule has 2 aliphatic carbocycles. The summed E-state index contributed by atoms with van der Waals surface area (Å²) < 4.78 is 0. The van der Waals surface area contributed by atoms with Crippen LogP contribution >= 0.6 is 0 Å². The van der Waals surface area contributed by atoms with E-state index in [1.165, 1.54) is 6.42 Å². The van der Waals surface area contributed by atoms with E-state index in [1.54, 1.807) is 0 Å². The highest BCUT2D eigenvalue weighted by Gasteiger charge is 2.65. The number of aliphatic hydroxyl groups excluding tert-OH is 1. The van der Waals surface area contributed by atoms with Crippen LogP contribution < -0.4 is 5.32 Å². The minimum absolute atomic E-state index is 0.0212. The Labute approximate surface area is 111 Å². The number of nitrogens with one attached hydrogen (secondary N) is 1. The monoisotopic (exact) mass is 255 g/mol. The van der Waals surface area contributed by atoms with Crippen LogP contribution in [-0.2, 0) is 0 Å². The molecule has 0 aromatic rings. The molecule has 0 spiro atoms. The lowest BCUT2D eigenvalue weighted by Gasteiger charge is -2.37. The quantitative estimate of drug-likeness (QED) is 0.719. The predicted molar refractivity (Wildman–Crippen MR) is 73.3 cm³/mol. The van der Waals surface area contributed by atoms with Crippen LogP contribution in [0.25, 0.3) is 0 Å². The molecule has 3 N–H and O–H groups in total. The molecule has 106 valence electrons. The molecule has 0 heterocycles. The summed E-state index contributed by atoms with van der Waals surface area (Å²) in [5.41, 5.74) is -0.470. The van der Waals surface area contributed by atoms with Gasteiger partial charge in [0, 0.05) is 18.0 Å². The van der Waals surface area contributed by atoms with Gasteiger partial charge in [-0.1, -0.05) is 27.7 Å². The Morgan fingerprint density at radius 3 is 2.39 bits per heavy atom. The highest BCUT2D eigenvalue weighted by molar-refractivity contribution is 5.17. The molecule has 0 saturated heterocycles. The third-order valence-electron chi connectivity index (χ3n) is 6.28. The highest BCUT2D eigenvalue weighted by Crippen LogP contribution is 2.65. The Kier molecular flexibility index (Phi) is 3.33. The van der Waals surface area contributed by atoms with Crippen molar-refractivity contribution in [1.82, 2.24) is 5.32 Å². The van der Waals surface area contributed by atoms with Crippen molar-refractivity contribution in [2.45, 2.75) is 71.6 Å². The van der Waals surface area contributed by atoms with Crippen LogP contribution in [0.15, 0.2) is 0 Å². The van der Waals surface area contributed by atoms with Crippen molar-refractivity contribution in [1.29, 1.82) is 0 Å². The second-order valence-electron chi connectivity index (χ2n) is 7.49. The zero-order valence-electron chi connectivity index (χ0n) is 12.5. The summed E-state index contributed by atoms with van der Waals surface area (Å²) >= 11 is 0. The summed E-state index contributed by atoms with van der Waals surface area (Å²) in [4.78, 5) is 0.